The van der Waals surface area contributed by atoms with Crippen LogP contribution in [0, 0.1) is 0 Å². The highest BCUT2D eigenvalue weighted by Gasteiger charge is 2.49. The van der Waals surface area contributed by atoms with E-state index in [0.717, 1.165) is 25.1 Å². The SMILES string of the molecule is COC(=O)Nc1ccc(C(=O)N[C@@H](CCN2CCC2)C(=O)N2CC[C@@]3(C2)OC(=O)Nc2ccc(Cl)cc23)cc1. The quantitative estimate of drug-likeness (QED) is 0.477. The molecule has 11 nitrogen and oxygen atoms in total. The Bertz CT molecular complexity index is 1280. The van der Waals surface area contributed by atoms with Crippen LogP contribution in [0.3, 0.4) is 0 Å². The van der Waals surface area contributed by atoms with Crippen LogP contribution in [0.15, 0.2) is 42.5 Å². The summed E-state index contributed by atoms with van der Waals surface area (Å²) in [7, 11) is 1.26. The maximum atomic E-state index is 13.8. The van der Waals surface area contributed by atoms with Gasteiger partial charge in [-0.15, -0.1) is 0 Å². The number of nitrogens with one attached hydrogen (secondary N) is 3. The lowest BCUT2D eigenvalue weighted by atomic mass is 9.90. The fraction of sp³-hybridized carbons (Fsp3) is 0.407. The third kappa shape index (κ3) is 5.79. The number of likely N-dealkylation sites (tertiary alicyclic amines) is 2. The third-order valence-corrected chi connectivity index (χ3v) is 7.64. The summed E-state index contributed by atoms with van der Waals surface area (Å²) in [5.74, 6) is -0.635. The highest BCUT2D eigenvalue weighted by Crippen LogP contribution is 2.43. The minimum absolute atomic E-state index is 0.163. The van der Waals surface area contributed by atoms with Crippen LogP contribution in [-0.4, -0.2) is 79.7 Å². The smallest absolute Gasteiger partial charge is 0.412 e. The molecule has 3 N–H and O–H groups in total. The predicted molar refractivity (Wildman–Crippen MR) is 144 cm³/mol. The number of anilines is 2. The van der Waals surface area contributed by atoms with Crippen LogP contribution >= 0.6 is 11.6 Å². The molecule has 2 saturated heterocycles. The second-order valence-electron chi connectivity index (χ2n) is 9.91. The van der Waals surface area contributed by atoms with Gasteiger partial charge in [-0.3, -0.25) is 20.2 Å². The van der Waals surface area contributed by atoms with Crippen LogP contribution in [0.25, 0.3) is 0 Å². The van der Waals surface area contributed by atoms with E-state index in [1.54, 1.807) is 47.4 Å². The lowest BCUT2D eigenvalue weighted by Crippen LogP contribution is -2.51. The van der Waals surface area contributed by atoms with Crippen LogP contribution in [-0.2, 0) is 19.9 Å². The maximum Gasteiger partial charge on any atom is 0.412 e. The zero-order valence-electron chi connectivity index (χ0n) is 21.5. The summed E-state index contributed by atoms with van der Waals surface area (Å²) in [6, 6.07) is 10.7. The highest BCUT2D eigenvalue weighted by atomic mass is 35.5. The molecule has 2 aromatic rings. The third-order valence-electron chi connectivity index (χ3n) is 7.41. The van der Waals surface area contributed by atoms with Gasteiger partial charge < -0.3 is 24.6 Å². The Morgan fingerprint density at radius 2 is 1.92 bits per heavy atom. The summed E-state index contributed by atoms with van der Waals surface area (Å²) in [5, 5.41) is 8.64. The predicted octanol–water partition coefficient (Wildman–Crippen LogP) is 3.40. The molecule has 4 amide bonds. The highest BCUT2D eigenvalue weighted by molar-refractivity contribution is 6.30. The van der Waals surface area contributed by atoms with Crippen molar-refractivity contribution in [1.29, 1.82) is 0 Å². The molecule has 0 bridgehead atoms. The van der Waals surface area contributed by atoms with Gasteiger partial charge in [-0.2, -0.15) is 0 Å². The van der Waals surface area contributed by atoms with Gasteiger partial charge in [0.05, 0.1) is 19.3 Å². The first-order valence-corrected chi connectivity index (χ1v) is 13.2. The lowest BCUT2D eigenvalue weighted by molar-refractivity contribution is -0.133. The molecule has 3 aliphatic rings. The molecule has 2 aromatic carbocycles. The fourth-order valence-corrected chi connectivity index (χ4v) is 5.33. The molecule has 206 valence electrons. The zero-order chi connectivity index (χ0) is 27.6. The number of rotatable bonds is 7. The number of halogens is 1. The number of nitrogens with zero attached hydrogens (tertiary/aromatic N) is 2. The summed E-state index contributed by atoms with van der Waals surface area (Å²) < 4.78 is 10.3. The number of methoxy groups -OCH3 is 1. The van der Waals surface area contributed by atoms with E-state index < -0.39 is 29.7 Å². The first-order chi connectivity index (χ1) is 18.8. The van der Waals surface area contributed by atoms with Gasteiger partial charge in [0.15, 0.2) is 5.60 Å². The van der Waals surface area contributed by atoms with Crippen LogP contribution in [0.5, 0.6) is 0 Å². The molecule has 2 atom stereocenters. The number of hydrogen-bond donors (Lipinski definition) is 3. The Morgan fingerprint density at radius 3 is 2.62 bits per heavy atom. The fourth-order valence-electron chi connectivity index (χ4n) is 5.15. The van der Waals surface area contributed by atoms with E-state index in [9.17, 15) is 19.2 Å². The van der Waals surface area contributed by atoms with Crippen molar-refractivity contribution in [2.24, 2.45) is 0 Å². The summed E-state index contributed by atoms with van der Waals surface area (Å²) in [6.45, 7) is 3.14. The Hall–Kier alpha value is -3.83. The molecule has 0 aliphatic carbocycles. The molecule has 2 fully saturated rings. The second-order valence-corrected chi connectivity index (χ2v) is 10.3. The minimum Gasteiger partial charge on any atom is -0.453 e. The monoisotopic (exact) mass is 555 g/mol. The molecular formula is C27H30ClN5O6. The standard InChI is InChI=1S/C27H30ClN5O6/c1-38-25(36)29-19-6-3-17(4-7-19)23(34)30-22(9-13-32-11-2-12-32)24(35)33-14-10-27(16-33)20-15-18(28)5-8-21(20)31-26(37)39-27/h3-8,15,22H,2,9-14,16H2,1H3,(H,29,36)(H,30,34)(H,31,37)/t22-,27-/m0/s1. The van der Waals surface area contributed by atoms with Gasteiger partial charge in [-0.05, 0) is 68.4 Å². The molecule has 39 heavy (non-hydrogen) atoms. The van der Waals surface area contributed by atoms with E-state index in [0.29, 0.717) is 47.9 Å². The summed E-state index contributed by atoms with van der Waals surface area (Å²) in [5.41, 5.74) is 1.15. The van der Waals surface area contributed by atoms with Gasteiger partial charge in [0.25, 0.3) is 5.91 Å². The zero-order valence-corrected chi connectivity index (χ0v) is 22.3. The van der Waals surface area contributed by atoms with E-state index >= 15 is 0 Å². The van der Waals surface area contributed by atoms with Crippen molar-refractivity contribution < 1.29 is 28.7 Å². The Balaban J connectivity index is 1.31. The van der Waals surface area contributed by atoms with Gasteiger partial charge in [0.1, 0.15) is 6.04 Å². The molecule has 3 aliphatic heterocycles. The molecule has 12 heteroatoms. The van der Waals surface area contributed by atoms with Crippen molar-refractivity contribution in [2.75, 3.05) is 50.5 Å². The molecule has 0 aromatic heterocycles. The number of benzene rings is 2. The number of hydrogen-bond acceptors (Lipinski definition) is 7. The van der Waals surface area contributed by atoms with E-state index in [4.69, 9.17) is 16.3 Å². The summed E-state index contributed by atoms with van der Waals surface area (Å²) in [6.07, 6.45) is 0.789. The molecule has 0 saturated carbocycles. The average Bonchev–Trinajstić information content (AvgIpc) is 3.31. The molecule has 0 radical (unpaired) electrons. The Labute approximate surface area is 230 Å². The van der Waals surface area contributed by atoms with Crippen LogP contribution in [0.1, 0.15) is 35.2 Å². The molecule has 1 spiro atoms. The number of fused-ring (bicyclic) bond motifs is 2. The summed E-state index contributed by atoms with van der Waals surface area (Å²) in [4.78, 5) is 54.5. The normalized spacial score (nSPS) is 20.8. The first-order valence-electron chi connectivity index (χ1n) is 12.8. The van der Waals surface area contributed by atoms with Gasteiger partial charge in [0.2, 0.25) is 5.91 Å². The van der Waals surface area contributed by atoms with E-state index in [1.807, 2.05) is 0 Å². The van der Waals surface area contributed by atoms with Crippen LogP contribution < -0.4 is 16.0 Å². The van der Waals surface area contributed by atoms with Gasteiger partial charge in [-0.25, -0.2) is 9.59 Å². The van der Waals surface area contributed by atoms with Gasteiger partial charge >= 0.3 is 12.2 Å². The molecule has 3 heterocycles. The minimum atomic E-state index is -1.01. The lowest BCUT2D eigenvalue weighted by Gasteiger charge is -2.36. The number of ether oxygens (including phenoxy) is 2. The van der Waals surface area contributed by atoms with Crippen molar-refractivity contribution in [3.8, 4) is 0 Å². The maximum absolute atomic E-state index is 13.8. The molecular weight excluding hydrogens is 526 g/mol. The van der Waals surface area contributed by atoms with E-state index in [-0.39, 0.29) is 12.5 Å². The van der Waals surface area contributed by atoms with Crippen molar-refractivity contribution in [1.82, 2.24) is 15.1 Å². The number of carbonyl (C=O) groups is 4. The van der Waals surface area contributed by atoms with Crippen molar-refractivity contribution >= 4 is 47.0 Å². The average molecular weight is 556 g/mol. The molecule has 5 rings (SSSR count). The topological polar surface area (TPSA) is 129 Å². The second kappa shape index (κ2) is 11.1. The Morgan fingerprint density at radius 1 is 1.15 bits per heavy atom. The van der Waals surface area contributed by atoms with E-state index in [2.05, 4.69) is 25.6 Å². The van der Waals surface area contributed by atoms with Crippen LogP contribution in [0.4, 0.5) is 21.0 Å². The van der Waals surface area contributed by atoms with Crippen molar-refractivity contribution in [2.45, 2.75) is 30.9 Å². The molecule has 0 unspecified atom stereocenters. The largest absolute Gasteiger partial charge is 0.453 e. The first kappa shape index (κ1) is 26.8. The van der Waals surface area contributed by atoms with Gasteiger partial charge in [0, 0.05) is 41.3 Å². The Kier molecular flexibility index (Phi) is 7.62. The van der Waals surface area contributed by atoms with Crippen LogP contribution in [0.2, 0.25) is 5.02 Å². The van der Waals surface area contributed by atoms with E-state index in [1.165, 1.54) is 7.11 Å². The summed E-state index contributed by atoms with van der Waals surface area (Å²) >= 11 is 6.24. The number of amides is 4. The van der Waals surface area contributed by atoms with Gasteiger partial charge in [-0.1, -0.05) is 11.6 Å². The van der Waals surface area contributed by atoms with Crippen molar-refractivity contribution in [3.63, 3.8) is 0 Å². The number of carbonyl (C=O) groups excluding carboxylic acids is 4. The van der Waals surface area contributed by atoms with Crippen molar-refractivity contribution in [3.05, 3.63) is 58.6 Å².